The lowest BCUT2D eigenvalue weighted by atomic mass is 10.00. The van der Waals surface area contributed by atoms with Crippen LogP contribution in [0.4, 0.5) is 20.2 Å². The van der Waals surface area contributed by atoms with Crippen LogP contribution in [0.25, 0.3) is 11.1 Å². The number of amides is 1. The molecule has 168 valence electrons. The molecule has 1 fully saturated rings. The van der Waals surface area contributed by atoms with Crippen LogP contribution in [0.5, 0.6) is 0 Å². The van der Waals surface area contributed by atoms with Gasteiger partial charge in [0.25, 0.3) is 5.92 Å². The van der Waals surface area contributed by atoms with Crippen molar-refractivity contribution in [1.29, 1.82) is 5.26 Å². The number of hydrogen-bond donors (Lipinski definition) is 2. The van der Waals surface area contributed by atoms with Gasteiger partial charge in [0.1, 0.15) is 11.8 Å². The second-order valence-corrected chi connectivity index (χ2v) is 8.08. The van der Waals surface area contributed by atoms with Gasteiger partial charge in [-0.05, 0) is 47.0 Å². The summed E-state index contributed by atoms with van der Waals surface area (Å²) >= 11 is 0. The van der Waals surface area contributed by atoms with Crippen LogP contribution in [0, 0.1) is 11.3 Å². The molecule has 3 N–H and O–H groups in total. The molecule has 9 heteroatoms. The van der Waals surface area contributed by atoms with E-state index in [0.29, 0.717) is 30.0 Å². The van der Waals surface area contributed by atoms with Gasteiger partial charge < -0.3 is 11.1 Å². The molecule has 0 spiro atoms. The lowest BCUT2D eigenvalue weighted by Crippen LogP contribution is -2.24. The molecular formula is C24H22F2N6O. The van der Waals surface area contributed by atoms with Gasteiger partial charge in [0, 0.05) is 43.2 Å². The molecule has 1 amide bonds. The number of carbonyl (C=O) groups excluding carboxylic acids is 1. The van der Waals surface area contributed by atoms with Crippen molar-refractivity contribution in [2.24, 2.45) is 0 Å². The van der Waals surface area contributed by atoms with E-state index in [1.165, 1.54) is 12.3 Å². The molecule has 1 aromatic carbocycles. The zero-order valence-electron chi connectivity index (χ0n) is 17.8. The molecule has 0 radical (unpaired) electrons. The molecule has 0 saturated carbocycles. The van der Waals surface area contributed by atoms with Gasteiger partial charge in [0.05, 0.1) is 24.8 Å². The molecule has 33 heavy (non-hydrogen) atoms. The Morgan fingerprint density at radius 1 is 1.18 bits per heavy atom. The summed E-state index contributed by atoms with van der Waals surface area (Å²) in [6.07, 6.45) is 4.72. The van der Waals surface area contributed by atoms with Gasteiger partial charge in [-0.2, -0.15) is 5.26 Å². The molecule has 7 nitrogen and oxygen atoms in total. The molecule has 1 aliphatic rings. The third-order valence-corrected chi connectivity index (χ3v) is 5.44. The fourth-order valence-electron chi connectivity index (χ4n) is 3.78. The van der Waals surface area contributed by atoms with E-state index in [-0.39, 0.29) is 31.0 Å². The normalized spacial score (nSPS) is 15.2. The predicted octanol–water partition coefficient (Wildman–Crippen LogP) is 3.62. The molecule has 3 aromatic rings. The summed E-state index contributed by atoms with van der Waals surface area (Å²) in [6, 6.07) is 12.4. The fraction of sp³-hybridized carbons (Fsp3) is 0.250. The zero-order valence-corrected chi connectivity index (χ0v) is 17.8. The third-order valence-electron chi connectivity index (χ3n) is 5.44. The smallest absolute Gasteiger partial charge is 0.261 e. The van der Waals surface area contributed by atoms with Crippen molar-refractivity contribution in [2.45, 2.75) is 25.3 Å². The van der Waals surface area contributed by atoms with Crippen molar-refractivity contribution in [3.8, 4) is 17.2 Å². The minimum absolute atomic E-state index is 0.0512. The predicted molar refractivity (Wildman–Crippen MR) is 120 cm³/mol. The number of halogens is 2. The van der Waals surface area contributed by atoms with Crippen molar-refractivity contribution in [3.05, 3.63) is 71.8 Å². The monoisotopic (exact) mass is 448 g/mol. The van der Waals surface area contributed by atoms with Crippen LogP contribution in [0.15, 0.2) is 55.0 Å². The number of alkyl halides is 2. The summed E-state index contributed by atoms with van der Waals surface area (Å²) in [5, 5.41) is 11.6. The number of nitriles is 1. The lowest BCUT2D eigenvalue weighted by molar-refractivity contribution is -0.115. The van der Waals surface area contributed by atoms with E-state index in [0.717, 1.165) is 16.7 Å². The first-order valence-electron chi connectivity index (χ1n) is 10.4. The molecule has 4 rings (SSSR count). The van der Waals surface area contributed by atoms with Gasteiger partial charge in [0.15, 0.2) is 0 Å². The second kappa shape index (κ2) is 9.30. The molecule has 3 heterocycles. The number of carbonyl (C=O) groups is 1. The van der Waals surface area contributed by atoms with E-state index >= 15 is 0 Å². The van der Waals surface area contributed by atoms with Crippen LogP contribution in [0.3, 0.4) is 0 Å². The SMILES string of the molecule is N#Cc1ccc(NC(=O)Cc2cc(-c3cncc(CN4CCC(F)(F)C4)c3)ccc2N)cn1. The number of nitrogens with one attached hydrogen (secondary N) is 1. The van der Waals surface area contributed by atoms with E-state index in [1.54, 1.807) is 29.4 Å². The number of hydrogen-bond acceptors (Lipinski definition) is 6. The van der Waals surface area contributed by atoms with Crippen LogP contribution in [0.2, 0.25) is 0 Å². The van der Waals surface area contributed by atoms with Gasteiger partial charge in [0.2, 0.25) is 5.91 Å². The standard InChI is InChI=1S/C24H22F2N6O/c25-24(26)5-6-32(15-24)14-16-7-19(12-29-11-16)17-1-4-22(28)18(8-17)9-23(33)31-21-3-2-20(10-27)30-13-21/h1-4,7-8,11-13H,5-6,9,14-15,28H2,(H,31,33). The highest BCUT2D eigenvalue weighted by Gasteiger charge is 2.37. The van der Waals surface area contributed by atoms with Gasteiger partial charge in [-0.3, -0.25) is 14.7 Å². The molecule has 1 saturated heterocycles. The maximum atomic E-state index is 13.5. The number of benzene rings is 1. The minimum Gasteiger partial charge on any atom is -0.398 e. The molecule has 2 aromatic heterocycles. The molecule has 0 bridgehead atoms. The average Bonchev–Trinajstić information content (AvgIpc) is 3.14. The van der Waals surface area contributed by atoms with Gasteiger partial charge in [-0.1, -0.05) is 6.07 Å². The van der Waals surface area contributed by atoms with Crippen LogP contribution in [0.1, 0.15) is 23.2 Å². The lowest BCUT2D eigenvalue weighted by Gasteiger charge is -2.16. The van der Waals surface area contributed by atoms with Crippen molar-refractivity contribution in [2.75, 3.05) is 24.1 Å². The Kier molecular flexibility index (Phi) is 6.29. The molecular weight excluding hydrogens is 426 g/mol. The first kappa shape index (κ1) is 22.3. The summed E-state index contributed by atoms with van der Waals surface area (Å²) in [6.45, 7) is 0.513. The number of anilines is 2. The van der Waals surface area contributed by atoms with Crippen LogP contribution >= 0.6 is 0 Å². The van der Waals surface area contributed by atoms with E-state index in [4.69, 9.17) is 11.0 Å². The number of nitrogens with two attached hydrogens (primary N) is 1. The quantitative estimate of drug-likeness (QED) is 0.558. The van der Waals surface area contributed by atoms with Crippen molar-refractivity contribution in [3.63, 3.8) is 0 Å². The van der Waals surface area contributed by atoms with Gasteiger partial charge in [-0.15, -0.1) is 0 Å². The molecule has 0 aliphatic carbocycles. The van der Waals surface area contributed by atoms with Gasteiger partial charge >= 0.3 is 0 Å². The summed E-state index contributed by atoms with van der Waals surface area (Å²) in [5.74, 6) is -2.90. The highest BCUT2D eigenvalue weighted by Crippen LogP contribution is 2.29. The summed E-state index contributed by atoms with van der Waals surface area (Å²) in [4.78, 5) is 22.4. The van der Waals surface area contributed by atoms with E-state index in [1.807, 2.05) is 24.3 Å². The number of aromatic nitrogens is 2. The minimum atomic E-state index is -2.63. The number of likely N-dealkylation sites (tertiary alicyclic amines) is 1. The number of pyridine rings is 2. The van der Waals surface area contributed by atoms with E-state index < -0.39 is 5.92 Å². The third kappa shape index (κ3) is 5.67. The summed E-state index contributed by atoms with van der Waals surface area (Å²) < 4.78 is 27.0. The number of rotatable bonds is 6. The van der Waals surface area contributed by atoms with E-state index in [2.05, 4.69) is 15.3 Å². The first-order chi connectivity index (χ1) is 15.8. The topological polar surface area (TPSA) is 108 Å². The maximum absolute atomic E-state index is 13.5. The largest absolute Gasteiger partial charge is 0.398 e. The molecule has 0 atom stereocenters. The summed E-state index contributed by atoms with van der Waals surface area (Å²) in [5.41, 5.74) is 10.5. The number of nitrogens with zero attached hydrogens (tertiary/aromatic N) is 4. The fourth-order valence-corrected chi connectivity index (χ4v) is 3.78. The van der Waals surface area contributed by atoms with Crippen LogP contribution in [-0.2, 0) is 17.8 Å². The van der Waals surface area contributed by atoms with Crippen molar-refractivity contribution >= 4 is 17.3 Å². The Hall–Kier alpha value is -3.90. The Labute approximate surface area is 189 Å². The molecule has 1 aliphatic heterocycles. The second-order valence-electron chi connectivity index (χ2n) is 8.08. The zero-order chi connectivity index (χ0) is 23.4. The van der Waals surface area contributed by atoms with Crippen LogP contribution in [-0.4, -0.2) is 39.8 Å². The van der Waals surface area contributed by atoms with Crippen molar-refractivity contribution < 1.29 is 13.6 Å². The Balaban J connectivity index is 1.46. The highest BCUT2D eigenvalue weighted by atomic mass is 19.3. The molecule has 0 unspecified atom stereocenters. The maximum Gasteiger partial charge on any atom is 0.261 e. The van der Waals surface area contributed by atoms with E-state index in [9.17, 15) is 13.6 Å². The van der Waals surface area contributed by atoms with Crippen LogP contribution < -0.4 is 11.1 Å². The Morgan fingerprint density at radius 2 is 2.03 bits per heavy atom. The highest BCUT2D eigenvalue weighted by molar-refractivity contribution is 5.93. The number of nitrogen functional groups attached to an aromatic ring is 1. The first-order valence-corrected chi connectivity index (χ1v) is 10.4. The average molecular weight is 448 g/mol. The Morgan fingerprint density at radius 3 is 2.73 bits per heavy atom. The summed E-state index contributed by atoms with van der Waals surface area (Å²) in [7, 11) is 0. The van der Waals surface area contributed by atoms with Gasteiger partial charge in [-0.25, -0.2) is 13.8 Å². The Bertz CT molecular complexity index is 1210. The van der Waals surface area contributed by atoms with Crippen molar-refractivity contribution in [1.82, 2.24) is 14.9 Å².